The molecule has 0 spiro atoms. The second kappa shape index (κ2) is 8.47. The van der Waals surface area contributed by atoms with Crippen molar-refractivity contribution < 1.29 is 13.4 Å². The SMILES string of the molecule is Cc1ccccc1[S@](=O)Cc1ccc(C(=O)NCc2cccc(Br)c2)o1. The largest absolute Gasteiger partial charge is 0.455 e. The van der Waals surface area contributed by atoms with Crippen molar-refractivity contribution in [3.05, 3.63) is 87.8 Å². The fourth-order valence-electron chi connectivity index (χ4n) is 2.51. The van der Waals surface area contributed by atoms with Crippen LogP contribution in [0.3, 0.4) is 0 Å². The number of carbonyl (C=O) groups excluding carboxylic acids is 1. The van der Waals surface area contributed by atoms with E-state index in [0.29, 0.717) is 12.3 Å². The van der Waals surface area contributed by atoms with Gasteiger partial charge in [-0.15, -0.1) is 0 Å². The number of amides is 1. The molecule has 0 unspecified atom stereocenters. The molecule has 3 rings (SSSR count). The molecular formula is C20H18BrNO3S. The molecule has 1 heterocycles. The van der Waals surface area contributed by atoms with Gasteiger partial charge in [0.25, 0.3) is 5.91 Å². The minimum Gasteiger partial charge on any atom is -0.455 e. The van der Waals surface area contributed by atoms with Crippen molar-refractivity contribution in [3.8, 4) is 0 Å². The topological polar surface area (TPSA) is 59.3 Å². The Hall–Kier alpha value is -2.18. The first-order chi connectivity index (χ1) is 12.5. The van der Waals surface area contributed by atoms with Crippen LogP contribution < -0.4 is 5.32 Å². The lowest BCUT2D eigenvalue weighted by molar-refractivity contribution is 0.0921. The molecule has 0 bridgehead atoms. The molecule has 4 nitrogen and oxygen atoms in total. The van der Waals surface area contributed by atoms with E-state index in [4.69, 9.17) is 4.42 Å². The number of nitrogens with one attached hydrogen (secondary N) is 1. The molecule has 0 aliphatic carbocycles. The maximum absolute atomic E-state index is 12.5. The van der Waals surface area contributed by atoms with Crippen LogP contribution in [-0.2, 0) is 23.1 Å². The predicted molar refractivity (Wildman–Crippen MR) is 105 cm³/mol. The lowest BCUT2D eigenvalue weighted by atomic mass is 10.2. The predicted octanol–water partition coefficient (Wildman–Crippen LogP) is 4.59. The zero-order chi connectivity index (χ0) is 18.5. The van der Waals surface area contributed by atoms with Crippen molar-refractivity contribution in [2.45, 2.75) is 24.1 Å². The molecule has 0 aliphatic heterocycles. The van der Waals surface area contributed by atoms with Gasteiger partial charge in [-0.1, -0.05) is 46.3 Å². The van der Waals surface area contributed by atoms with E-state index in [1.165, 1.54) is 0 Å². The Kier molecular flexibility index (Phi) is 6.06. The van der Waals surface area contributed by atoms with E-state index in [-0.39, 0.29) is 17.4 Å². The van der Waals surface area contributed by atoms with E-state index in [9.17, 15) is 9.00 Å². The first kappa shape index (κ1) is 18.6. The molecule has 0 saturated carbocycles. The van der Waals surface area contributed by atoms with Crippen molar-refractivity contribution in [2.24, 2.45) is 0 Å². The third kappa shape index (κ3) is 4.71. The fraction of sp³-hybridized carbons (Fsp3) is 0.150. The van der Waals surface area contributed by atoms with Crippen LogP contribution in [0.4, 0.5) is 0 Å². The van der Waals surface area contributed by atoms with Gasteiger partial charge in [0.15, 0.2) is 5.76 Å². The third-order valence-corrected chi connectivity index (χ3v) is 5.83. The second-order valence-electron chi connectivity index (χ2n) is 5.83. The molecule has 1 N–H and O–H groups in total. The van der Waals surface area contributed by atoms with Crippen LogP contribution in [0.2, 0.25) is 0 Å². The van der Waals surface area contributed by atoms with Crippen molar-refractivity contribution in [1.82, 2.24) is 5.32 Å². The summed E-state index contributed by atoms with van der Waals surface area (Å²) in [6.07, 6.45) is 0. The summed E-state index contributed by atoms with van der Waals surface area (Å²) < 4.78 is 19.0. The Labute approximate surface area is 163 Å². The summed E-state index contributed by atoms with van der Waals surface area (Å²) in [4.78, 5) is 13.0. The number of furan rings is 1. The van der Waals surface area contributed by atoms with E-state index in [1.807, 2.05) is 55.5 Å². The fourth-order valence-corrected chi connectivity index (χ4v) is 4.19. The average molecular weight is 432 g/mol. The summed E-state index contributed by atoms with van der Waals surface area (Å²) >= 11 is 3.40. The Morgan fingerprint density at radius 1 is 1.12 bits per heavy atom. The van der Waals surface area contributed by atoms with Gasteiger partial charge >= 0.3 is 0 Å². The molecule has 0 aliphatic rings. The molecule has 26 heavy (non-hydrogen) atoms. The van der Waals surface area contributed by atoms with Crippen molar-refractivity contribution in [2.75, 3.05) is 0 Å². The Bertz CT molecular complexity index is 951. The monoisotopic (exact) mass is 431 g/mol. The van der Waals surface area contributed by atoms with Crippen molar-refractivity contribution >= 4 is 32.6 Å². The summed E-state index contributed by atoms with van der Waals surface area (Å²) in [5.41, 5.74) is 1.96. The summed E-state index contributed by atoms with van der Waals surface area (Å²) in [6, 6.07) is 18.6. The third-order valence-electron chi connectivity index (χ3n) is 3.84. The number of benzene rings is 2. The minimum absolute atomic E-state index is 0.219. The van der Waals surface area contributed by atoms with Crippen LogP contribution in [-0.4, -0.2) is 10.1 Å². The van der Waals surface area contributed by atoms with Crippen LogP contribution in [0, 0.1) is 6.92 Å². The van der Waals surface area contributed by atoms with E-state index in [0.717, 1.165) is 20.5 Å². The molecule has 2 aromatic carbocycles. The smallest absolute Gasteiger partial charge is 0.287 e. The molecule has 134 valence electrons. The van der Waals surface area contributed by atoms with Gasteiger partial charge < -0.3 is 9.73 Å². The molecule has 0 saturated heterocycles. The highest BCUT2D eigenvalue weighted by atomic mass is 79.9. The molecule has 0 fully saturated rings. The van der Waals surface area contributed by atoms with Gasteiger partial charge in [-0.05, 0) is 48.4 Å². The van der Waals surface area contributed by atoms with Crippen LogP contribution in [0.1, 0.15) is 27.4 Å². The summed E-state index contributed by atoms with van der Waals surface area (Å²) in [6.45, 7) is 2.33. The quantitative estimate of drug-likeness (QED) is 0.620. The highest BCUT2D eigenvalue weighted by molar-refractivity contribution is 9.10. The summed E-state index contributed by atoms with van der Waals surface area (Å²) in [5, 5.41) is 2.82. The number of halogens is 1. The van der Waals surface area contributed by atoms with Crippen molar-refractivity contribution in [3.63, 3.8) is 0 Å². The maximum Gasteiger partial charge on any atom is 0.287 e. The van der Waals surface area contributed by atoms with Gasteiger partial charge in [-0.3, -0.25) is 9.00 Å². The van der Waals surface area contributed by atoms with Gasteiger partial charge in [-0.2, -0.15) is 0 Å². The Balaban J connectivity index is 1.61. The summed E-state index contributed by atoms with van der Waals surface area (Å²) in [5.74, 6) is 0.693. The highest BCUT2D eigenvalue weighted by Crippen LogP contribution is 2.18. The standard InChI is InChI=1S/C20H18BrNO3S/c1-14-5-2-3-8-19(14)26(24)13-17-9-10-18(25-17)20(23)22-12-15-6-4-7-16(21)11-15/h2-11H,12-13H2,1H3,(H,22,23)/t26-/m1/s1. The van der Waals surface area contributed by atoms with Crippen LogP contribution in [0.5, 0.6) is 0 Å². The first-order valence-electron chi connectivity index (χ1n) is 8.08. The Morgan fingerprint density at radius 2 is 1.92 bits per heavy atom. The number of hydrogen-bond donors (Lipinski definition) is 1. The van der Waals surface area contributed by atoms with Crippen LogP contribution >= 0.6 is 15.9 Å². The zero-order valence-electron chi connectivity index (χ0n) is 14.2. The number of aryl methyl sites for hydroxylation is 1. The zero-order valence-corrected chi connectivity index (χ0v) is 16.6. The summed E-state index contributed by atoms with van der Waals surface area (Å²) in [7, 11) is -1.21. The number of rotatable bonds is 6. The van der Waals surface area contributed by atoms with E-state index in [1.54, 1.807) is 12.1 Å². The first-order valence-corrected chi connectivity index (χ1v) is 10.2. The lowest BCUT2D eigenvalue weighted by Crippen LogP contribution is -2.22. The second-order valence-corrected chi connectivity index (χ2v) is 8.17. The van der Waals surface area contributed by atoms with Crippen molar-refractivity contribution in [1.29, 1.82) is 0 Å². The molecule has 0 radical (unpaired) electrons. The van der Waals surface area contributed by atoms with Gasteiger partial charge in [0.1, 0.15) is 5.76 Å². The van der Waals surface area contributed by atoms with Crippen LogP contribution in [0.15, 0.2) is 74.4 Å². The molecule has 1 amide bonds. The maximum atomic E-state index is 12.5. The minimum atomic E-state index is -1.21. The normalized spacial score (nSPS) is 11.9. The Morgan fingerprint density at radius 3 is 2.69 bits per heavy atom. The van der Waals surface area contributed by atoms with Gasteiger partial charge in [0.2, 0.25) is 0 Å². The van der Waals surface area contributed by atoms with E-state index >= 15 is 0 Å². The van der Waals surface area contributed by atoms with Crippen LogP contribution in [0.25, 0.3) is 0 Å². The molecule has 6 heteroatoms. The molecule has 3 aromatic rings. The molecule has 1 atom stereocenters. The van der Waals surface area contributed by atoms with Gasteiger partial charge in [-0.25, -0.2) is 0 Å². The molecule has 1 aromatic heterocycles. The van der Waals surface area contributed by atoms with Gasteiger partial charge in [0, 0.05) is 15.9 Å². The number of hydrogen-bond acceptors (Lipinski definition) is 3. The average Bonchev–Trinajstić information content (AvgIpc) is 3.08. The number of carbonyl (C=O) groups is 1. The molecular weight excluding hydrogens is 414 g/mol. The highest BCUT2D eigenvalue weighted by Gasteiger charge is 2.14. The van der Waals surface area contributed by atoms with E-state index < -0.39 is 10.8 Å². The lowest BCUT2D eigenvalue weighted by Gasteiger charge is -2.05. The van der Waals surface area contributed by atoms with E-state index in [2.05, 4.69) is 21.2 Å². The van der Waals surface area contributed by atoms with Gasteiger partial charge in [0.05, 0.1) is 16.6 Å².